The van der Waals surface area contributed by atoms with E-state index in [2.05, 4.69) is 37.4 Å². The average molecular weight is 313 g/mol. The zero-order chi connectivity index (χ0) is 16.8. The van der Waals surface area contributed by atoms with Gasteiger partial charge in [-0.05, 0) is 31.0 Å². The monoisotopic (exact) mass is 313 g/mol. The molecule has 0 radical (unpaired) electrons. The largest absolute Gasteiger partial charge is 0.488 e. The first-order chi connectivity index (χ1) is 11.1. The van der Waals surface area contributed by atoms with Crippen LogP contribution in [0.4, 0.5) is 0 Å². The number of rotatable bonds is 6. The van der Waals surface area contributed by atoms with Gasteiger partial charge in [0.15, 0.2) is 6.10 Å². The zero-order valence-corrected chi connectivity index (χ0v) is 14.1. The van der Waals surface area contributed by atoms with Crippen molar-refractivity contribution in [2.24, 2.45) is 0 Å². The molecule has 1 atom stereocenters. The molecule has 1 amide bonds. The third-order valence-corrected chi connectivity index (χ3v) is 3.81. The highest BCUT2D eigenvalue weighted by atomic mass is 16.5. The van der Waals surface area contributed by atoms with Crippen LogP contribution >= 0.6 is 0 Å². The van der Waals surface area contributed by atoms with E-state index in [0.29, 0.717) is 12.4 Å². The number of benzene rings is 2. The molecule has 0 fully saturated rings. The number of methoxy groups -OCH3 is 1. The van der Waals surface area contributed by atoms with E-state index in [4.69, 9.17) is 9.47 Å². The Morgan fingerprint density at radius 2 is 1.91 bits per heavy atom. The molecule has 0 saturated carbocycles. The van der Waals surface area contributed by atoms with Crippen molar-refractivity contribution in [1.82, 2.24) is 5.32 Å². The van der Waals surface area contributed by atoms with E-state index < -0.39 is 6.10 Å². The SMILES string of the molecule is CNC(=O)C(OC)c1ccccc1OCc1cc(C)ccc1C. The molecule has 1 unspecified atom stereocenters. The fourth-order valence-electron chi connectivity index (χ4n) is 2.45. The van der Waals surface area contributed by atoms with Gasteiger partial charge < -0.3 is 14.8 Å². The third kappa shape index (κ3) is 4.11. The summed E-state index contributed by atoms with van der Waals surface area (Å²) in [5.41, 5.74) is 4.23. The van der Waals surface area contributed by atoms with Gasteiger partial charge in [-0.15, -0.1) is 0 Å². The van der Waals surface area contributed by atoms with Gasteiger partial charge in [-0.3, -0.25) is 4.79 Å². The van der Waals surface area contributed by atoms with E-state index >= 15 is 0 Å². The highest BCUT2D eigenvalue weighted by Crippen LogP contribution is 2.28. The van der Waals surface area contributed by atoms with Crippen molar-refractivity contribution >= 4 is 5.91 Å². The maximum absolute atomic E-state index is 12.0. The van der Waals surface area contributed by atoms with Crippen LogP contribution in [-0.2, 0) is 16.1 Å². The van der Waals surface area contributed by atoms with Crippen LogP contribution in [0.2, 0.25) is 0 Å². The quantitative estimate of drug-likeness (QED) is 0.890. The lowest BCUT2D eigenvalue weighted by atomic mass is 10.1. The summed E-state index contributed by atoms with van der Waals surface area (Å²) < 4.78 is 11.3. The summed E-state index contributed by atoms with van der Waals surface area (Å²) in [4.78, 5) is 12.0. The molecule has 2 aromatic rings. The standard InChI is InChI=1S/C19H23NO3/c1-13-9-10-14(2)15(11-13)12-23-17-8-6-5-7-16(17)18(22-4)19(21)20-3/h5-11,18H,12H2,1-4H3,(H,20,21). The number of hydrogen-bond acceptors (Lipinski definition) is 3. The van der Waals surface area contributed by atoms with Crippen LogP contribution in [-0.4, -0.2) is 20.1 Å². The number of amides is 1. The molecule has 0 saturated heterocycles. The Balaban J connectivity index is 2.23. The van der Waals surface area contributed by atoms with Gasteiger partial charge in [0.1, 0.15) is 12.4 Å². The van der Waals surface area contributed by atoms with Crippen LogP contribution in [0.25, 0.3) is 0 Å². The first-order valence-corrected chi connectivity index (χ1v) is 7.59. The summed E-state index contributed by atoms with van der Waals surface area (Å²) >= 11 is 0. The van der Waals surface area contributed by atoms with Crippen molar-refractivity contribution in [3.05, 3.63) is 64.7 Å². The highest BCUT2D eigenvalue weighted by molar-refractivity contribution is 5.82. The second-order valence-electron chi connectivity index (χ2n) is 5.49. The lowest BCUT2D eigenvalue weighted by Crippen LogP contribution is -2.27. The molecular weight excluding hydrogens is 290 g/mol. The number of ether oxygens (including phenoxy) is 2. The van der Waals surface area contributed by atoms with Gasteiger partial charge in [0.2, 0.25) is 0 Å². The van der Waals surface area contributed by atoms with Gasteiger partial charge in [0.05, 0.1) is 0 Å². The van der Waals surface area contributed by atoms with Crippen molar-refractivity contribution < 1.29 is 14.3 Å². The van der Waals surface area contributed by atoms with Crippen molar-refractivity contribution in [2.45, 2.75) is 26.6 Å². The third-order valence-electron chi connectivity index (χ3n) is 3.81. The molecule has 2 rings (SSSR count). The van der Waals surface area contributed by atoms with E-state index in [-0.39, 0.29) is 5.91 Å². The maximum atomic E-state index is 12.0. The van der Waals surface area contributed by atoms with Crippen LogP contribution in [0.15, 0.2) is 42.5 Å². The predicted molar refractivity (Wildman–Crippen MR) is 90.5 cm³/mol. The first kappa shape index (κ1) is 17.0. The Labute approximate surface area is 137 Å². The maximum Gasteiger partial charge on any atom is 0.253 e. The second kappa shape index (κ2) is 7.79. The summed E-state index contributed by atoms with van der Waals surface area (Å²) in [5.74, 6) is 0.458. The smallest absolute Gasteiger partial charge is 0.253 e. The summed E-state index contributed by atoms with van der Waals surface area (Å²) in [6.07, 6.45) is -0.685. The predicted octanol–water partition coefficient (Wildman–Crippen LogP) is 3.32. The van der Waals surface area contributed by atoms with Gasteiger partial charge >= 0.3 is 0 Å². The molecule has 2 aromatic carbocycles. The Hall–Kier alpha value is -2.33. The number of carbonyl (C=O) groups excluding carboxylic acids is 1. The number of hydrogen-bond donors (Lipinski definition) is 1. The molecule has 0 heterocycles. The van der Waals surface area contributed by atoms with Gasteiger partial charge in [-0.25, -0.2) is 0 Å². The topological polar surface area (TPSA) is 47.6 Å². The number of aryl methyl sites for hydroxylation is 2. The fourth-order valence-corrected chi connectivity index (χ4v) is 2.45. The molecule has 122 valence electrons. The zero-order valence-electron chi connectivity index (χ0n) is 14.1. The minimum absolute atomic E-state index is 0.199. The van der Waals surface area contributed by atoms with Crippen LogP contribution < -0.4 is 10.1 Å². The molecule has 0 aliphatic heterocycles. The Morgan fingerprint density at radius 3 is 2.61 bits per heavy atom. The van der Waals surface area contributed by atoms with E-state index in [1.807, 2.05) is 24.3 Å². The average Bonchev–Trinajstić information content (AvgIpc) is 2.57. The Bertz CT molecular complexity index is 682. The van der Waals surface area contributed by atoms with Crippen LogP contribution in [0.1, 0.15) is 28.4 Å². The number of carbonyl (C=O) groups is 1. The highest BCUT2D eigenvalue weighted by Gasteiger charge is 2.22. The number of likely N-dealkylation sites (N-methyl/N-ethyl adjacent to an activating group) is 1. The van der Waals surface area contributed by atoms with E-state index in [9.17, 15) is 4.79 Å². The second-order valence-corrected chi connectivity index (χ2v) is 5.49. The van der Waals surface area contributed by atoms with Crippen LogP contribution in [0, 0.1) is 13.8 Å². The molecule has 23 heavy (non-hydrogen) atoms. The van der Waals surface area contributed by atoms with Gasteiger partial charge in [0.25, 0.3) is 5.91 Å². The molecule has 0 bridgehead atoms. The van der Waals surface area contributed by atoms with Crippen molar-refractivity contribution in [1.29, 1.82) is 0 Å². The van der Waals surface area contributed by atoms with Gasteiger partial charge in [-0.1, -0.05) is 42.0 Å². The van der Waals surface area contributed by atoms with Crippen LogP contribution in [0.5, 0.6) is 5.75 Å². The van der Waals surface area contributed by atoms with Crippen molar-refractivity contribution in [2.75, 3.05) is 14.2 Å². The number of para-hydroxylation sites is 1. The molecule has 4 nitrogen and oxygen atoms in total. The van der Waals surface area contributed by atoms with Gasteiger partial charge in [0, 0.05) is 19.7 Å². The molecule has 0 spiro atoms. The lowest BCUT2D eigenvalue weighted by Gasteiger charge is -2.18. The summed E-state index contributed by atoms with van der Waals surface area (Å²) in [6.45, 7) is 4.57. The minimum Gasteiger partial charge on any atom is -0.488 e. The van der Waals surface area contributed by atoms with Crippen molar-refractivity contribution in [3.8, 4) is 5.75 Å². The normalized spacial score (nSPS) is 11.8. The molecule has 0 aliphatic carbocycles. The van der Waals surface area contributed by atoms with E-state index in [0.717, 1.165) is 11.1 Å². The molecule has 4 heteroatoms. The molecular formula is C19H23NO3. The van der Waals surface area contributed by atoms with Gasteiger partial charge in [-0.2, -0.15) is 0 Å². The minimum atomic E-state index is -0.685. The Kier molecular flexibility index (Phi) is 5.77. The molecule has 0 aromatic heterocycles. The fraction of sp³-hybridized carbons (Fsp3) is 0.316. The Morgan fingerprint density at radius 1 is 1.17 bits per heavy atom. The van der Waals surface area contributed by atoms with E-state index in [1.165, 1.54) is 18.2 Å². The summed E-state index contributed by atoms with van der Waals surface area (Å²) in [6, 6.07) is 13.7. The first-order valence-electron chi connectivity index (χ1n) is 7.59. The summed E-state index contributed by atoms with van der Waals surface area (Å²) in [5, 5.41) is 2.61. The van der Waals surface area contributed by atoms with Crippen molar-refractivity contribution in [3.63, 3.8) is 0 Å². The van der Waals surface area contributed by atoms with Crippen LogP contribution in [0.3, 0.4) is 0 Å². The lowest BCUT2D eigenvalue weighted by molar-refractivity contribution is -0.131. The number of nitrogens with one attached hydrogen (secondary N) is 1. The molecule has 1 N–H and O–H groups in total. The molecule has 0 aliphatic rings. The summed E-state index contributed by atoms with van der Waals surface area (Å²) in [7, 11) is 3.11. The van der Waals surface area contributed by atoms with E-state index in [1.54, 1.807) is 7.05 Å².